The van der Waals surface area contributed by atoms with Gasteiger partial charge in [0.15, 0.2) is 0 Å². The molecule has 0 bridgehead atoms. The topological polar surface area (TPSA) is 53.4 Å². The summed E-state index contributed by atoms with van der Waals surface area (Å²) < 4.78 is 0. The zero-order chi connectivity index (χ0) is 12.3. The van der Waals surface area contributed by atoms with Crippen molar-refractivity contribution < 1.29 is 9.90 Å². The van der Waals surface area contributed by atoms with Crippen molar-refractivity contribution in [2.24, 2.45) is 0 Å². The molecule has 0 spiro atoms. The molecule has 2 heterocycles. The van der Waals surface area contributed by atoms with Gasteiger partial charge in [0.2, 0.25) is 5.91 Å². The van der Waals surface area contributed by atoms with Gasteiger partial charge in [-0.3, -0.25) is 9.78 Å². The molecule has 1 amide bonds. The Bertz CT molecular complexity index is 389. The highest BCUT2D eigenvalue weighted by Gasteiger charge is 2.24. The number of amides is 1. The van der Waals surface area contributed by atoms with Crippen molar-refractivity contribution in [2.45, 2.75) is 25.7 Å². The number of carbonyl (C=O) groups excluding carboxylic acids is 1. The molecule has 1 fully saturated rings. The van der Waals surface area contributed by atoms with E-state index >= 15 is 0 Å². The number of pyridine rings is 1. The molecule has 1 aliphatic rings. The van der Waals surface area contributed by atoms with Gasteiger partial charge in [0, 0.05) is 30.9 Å². The summed E-state index contributed by atoms with van der Waals surface area (Å²) in [4.78, 5) is 17.6. The van der Waals surface area contributed by atoms with Gasteiger partial charge in [-0.2, -0.15) is 0 Å². The number of piperidine rings is 1. The molecule has 1 saturated heterocycles. The van der Waals surface area contributed by atoms with Gasteiger partial charge in [0.1, 0.15) is 6.61 Å². The lowest BCUT2D eigenvalue weighted by Gasteiger charge is -2.32. The summed E-state index contributed by atoms with van der Waals surface area (Å²) >= 11 is 0. The third kappa shape index (κ3) is 2.82. The van der Waals surface area contributed by atoms with Crippen LogP contribution in [0.15, 0.2) is 18.3 Å². The molecule has 92 valence electrons. The highest BCUT2D eigenvalue weighted by atomic mass is 16.3. The third-order valence-electron chi connectivity index (χ3n) is 3.26. The summed E-state index contributed by atoms with van der Waals surface area (Å²) in [5.41, 5.74) is 2.19. The molecule has 0 aromatic carbocycles. The van der Waals surface area contributed by atoms with Crippen LogP contribution in [-0.4, -0.2) is 40.6 Å². The first-order valence-electron chi connectivity index (χ1n) is 6.02. The SMILES string of the molecule is Cc1ccc(C2CCCN(C(=O)CO)C2)nc1. The van der Waals surface area contributed by atoms with Crippen molar-refractivity contribution in [1.29, 1.82) is 0 Å². The average molecular weight is 234 g/mol. The molecule has 1 N–H and O–H groups in total. The van der Waals surface area contributed by atoms with Crippen molar-refractivity contribution in [1.82, 2.24) is 9.88 Å². The normalized spacial score (nSPS) is 20.4. The number of hydrogen-bond acceptors (Lipinski definition) is 3. The first-order chi connectivity index (χ1) is 8.20. The molecular formula is C13H18N2O2. The molecule has 1 unspecified atom stereocenters. The van der Waals surface area contributed by atoms with Gasteiger partial charge < -0.3 is 10.0 Å². The van der Waals surface area contributed by atoms with Crippen LogP contribution in [0.25, 0.3) is 0 Å². The quantitative estimate of drug-likeness (QED) is 0.833. The van der Waals surface area contributed by atoms with Crippen LogP contribution in [0, 0.1) is 6.92 Å². The van der Waals surface area contributed by atoms with E-state index in [4.69, 9.17) is 5.11 Å². The van der Waals surface area contributed by atoms with Crippen molar-refractivity contribution in [2.75, 3.05) is 19.7 Å². The molecule has 1 aliphatic heterocycles. The van der Waals surface area contributed by atoms with Crippen molar-refractivity contribution >= 4 is 5.91 Å². The van der Waals surface area contributed by atoms with Crippen LogP contribution >= 0.6 is 0 Å². The van der Waals surface area contributed by atoms with E-state index in [1.165, 1.54) is 0 Å². The van der Waals surface area contributed by atoms with Gasteiger partial charge >= 0.3 is 0 Å². The minimum absolute atomic E-state index is 0.179. The number of aliphatic hydroxyl groups excluding tert-OH is 1. The molecule has 0 radical (unpaired) electrons. The molecule has 4 nitrogen and oxygen atoms in total. The Hall–Kier alpha value is -1.42. The zero-order valence-corrected chi connectivity index (χ0v) is 10.1. The van der Waals surface area contributed by atoms with Crippen LogP contribution in [0.2, 0.25) is 0 Å². The van der Waals surface area contributed by atoms with E-state index in [0.717, 1.165) is 30.6 Å². The minimum atomic E-state index is -0.395. The number of aliphatic hydroxyl groups is 1. The average Bonchev–Trinajstić information content (AvgIpc) is 2.39. The largest absolute Gasteiger partial charge is 0.387 e. The fraction of sp³-hybridized carbons (Fsp3) is 0.538. The molecule has 2 rings (SSSR count). The Kier molecular flexibility index (Phi) is 3.74. The molecule has 1 aromatic heterocycles. The summed E-state index contributed by atoms with van der Waals surface area (Å²) in [5, 5.41) is 8.87. The Morgan fingerprint density at radius 2 is 2.41 bits per heavy atom. The lowest BCUT2D eigenvalue weighted by molar-refractivity contribution is -0.135. The Morgan fingerprint density at radius 1 is 1.59 bits per heavy atom. The highest BCUT2D eigenvalue weighted by molar-refractivity contribution is 5.77. The monoisotopic (exact) mass is 234 g/mol. The Labute approximate surface area is 101 Å². The van der Waals surface area contributed by atoms with E-state index in [2.05, 4.69) is 11.1 Å². The van der Waals surface area contributed by atoms with Crippen LogP contribution in [0.3, 0.4) is 0 Å². The van der Waals surface area contributed by atoms with Crippen LogP contribution in [0.4, 0.5) is 0 Å². The summed E-state index contributed by atoms with van der Waals surface area (Å²) in [5.74, 6) is 0.127. The first kappa shape index (κ1) is 12.0. The number of hydrogen-bond donors (Lipinski definition) is 1. The number of aryl methyl sites for hydroxylation is 1. The van der Waals surface area contributed by atoms with E-state index in [-0.39, 0.29) is 5.91 Å². The molecule has 17 heavy (non-hydrogen) atoms. The van der Waals surface area contributed by atoms with Crippen LogP contribution in [0.5, 0.6) is 0 Å². The minimum Gasteiger partial charge on any atom is -0.387 e. The number of aromatic nitrogens is 1. The predicted molar refractivity (Wildman–Crippen MR) is 64.6 cm³/mol. The molecular weight excluding hydrogens is 216 g/mol. The van der Waals surface area contributed by atoms with Crippen molar-refractivity contribution in [3.63, 3.8) is 0 Å². The fourth-order valence-electron chi connectivity index (χ4n) is 2.27. The number of rotatable bonds is 2. The maximum Gasteiger partial charge on any atom is 0.248 e. The Balaban J connectivity index is 2.06. The lowest BCUT2D eigenvalue weighted by atomic mass is 9.94. The Morgan fingerprint density at radius 3 is 3.06 bits per heavy atom. The van der Waals surface area contributed by atoms with Gasteiger partial charge in [-0.15, -0.1) is 0 Å². The van der Waals surface area contributed by atoms with Gasteiger partial charge in [-0.25, -0.2) is 0 Å². The van der Waals surface area contributed by atoms with Gasteiger partial charge in [0.25, 0.3) is 0 Å². The third-order valence-corrected chi connectivity index (χ3v) is 3.26. The second kappa shape index (κ2) is 5.27. The van der Waals surface area contributed by atoms with Gasteiger partial charge in [-0.1, -0.05) is 6.07 Å². The second-order valence-electron chi connectivity index (χ2n) is 4.60. The zero-order valence-electron chi connectivity index (χ0n) is 10.1. The van der Waals surface area contributed by atoms with Crippen molar-refractivity contribution in [3.8, 4) is 0 Å². The molecule has 4 heteroatoms. The summed E-state index contributed by atoms with van der Waals surface area (Å²) in [6.45, 7) is 3.05. The molecule has 1 atom stereocenters. The summed E-state index contributed by atoms with van der Waals surface area (Å²) in [6.07, 6.45) is 3.90. The second-order valence-corrected chi connectivity index (χ2v) is 4.60. The van der Waals surface area contributed by atoms with Gasteiger partial charge in [-0.05, 0) is 31.4 Å². The van der Waals surface area contributed by atoms with E-state index in [0.29, 0.717) is 12.5 Å². The van der Waals surface area contributed by atoms with E-state index < -0.39 is 6.61 Å². The van der Waals surface area contributed by atoms with Crippen LogP contribution < -0.4 is 0 Å². The smallest absolute Gasteiger partial charge is 0.248 e. The number of nitrogens with zero attached hydrogens (tertiary/aromatic N) is 2. The van der Waals surface area contributed by atoms with Crippen molar-refractivity contribution in [3.05, 3.63) is 29.6 Å². The maximum atomic E-state index is 11.5. The summed E-state index contributed by atoms with van der Waals surface area (Å²) in [7, 11) is 0. The molecule has 0 saturated carbocycles. The van der Waals surface area contributed by atoms with Crippen LogP contribution in [0.1, 0.15) is 30.0 Å². The van der Waals surface area contributed by atoms with E-state index in [9.17, 15) is 4.79 Å². The maximum absolute atomic E-state index is 11.5. The first-order valence-corrected chi connectivity index (χ1v) is 6.02. The summed E-state index contributed by atoms with van der Waals surface area (Å²) in [6, 6.07) is 4.09. The lowest BCUT2D eigenvalue weighted by Crippen LogP contribution is -2.40. The standard InChI is InChI=1S/C13H18N2O2/c1-10-4-5-12(14-7-10)11-3-2-6-15(8-11)13(17)9-16/h4-5,7,11,16H,2-3,6,8-9H2,1H3. The van der Waals surface area contributed by atoms with Crippen LogP contribution in [-0.2, 0) is 4.79 Å². The van der Waals surface area contributed by atoms with E-state index in [1.807, 2.05) is 19.2 Å². The number of likely N-dealkylation sites (tertiary alicyclic amines) is 1. The molecule has 0 aliphatic carbocycles. The molecule has 1 aromatic rings. The van der Waals surface area contributed by atoms with Gasteiger partial charge in [0.05, 0.1) is 0 Å². The predicted octanol–water partition coefficient (Wildman–Crippen LogP) is 1.09. The number of carbonyl (C=O) groups is 1. The van der Waals surface area contributed by atoms with E-state index in [1.54, 1.807) is 4.90 Å². The fourth-order valence-corrected chi connectivity index (χ4v) is 2.27. The highest BCUT2D eigenvalue weighted by Crippen LogP contribution is 2.25.